The molecule has 1 aromatic rings. The van der Waals surface area contributed by atoms with Gasteiger partial charge in [0.2, 0.25) is 0 Å². The summed E-state index contributed by atoms with van der Waals surface area (Å²) in [5.74, 6) is -0.166. The molecule has 0 radical (unpaired) electrons. The van der Waals surface area contributed by atoms with Gasteiger partial charge in [0, 0.05) is 0 Å². The molecule has 84 valence electrons. The fraction of sp³-hybridized carbons (Fsp3) is 0.500. The first-order valence-corrected chi connectivity index (χ1v) is 6.01. The zero-order valence-corrected chi connectivity index (χ0v) is 10.8. The van der Waals surface area contributed by atoms with Gasteiger partial charge >= 0.3 is 0 Å². The average Bonchev–Trinajstić information content (AvgIpc) is 2.20. The summed E-state index contributed by atoms with van der Waals surface area (Å²) in [7, 11) is 0. The van der Waals surface area contributed by atoms with Crippen LogP contribution >= 0.6 is 15.9 Å². The van der Waals surface area contributed by atoms with Crippen LogP contribution in [-0.4, -0.2) is 6.54 Å². The number of halogens is 2. The third kappa shape index (κ3) is 3.02. The Labute approximate surface area is 99.0 Å². The van der Waals surface area contributed by atoms with Crippen molar-refractivity contribution in [1.29, 1.82) is 0 Å². The molecule has 3 heteroatoms. The van der Waals surface area contributed by atoms with Crippen molar-refractivity contribution in [3.8, 4) is 0 Å². The molecule has 0 bridgehead atoms. The van der Waals surface area contributed by atoms with E-state index in [4.69, 9.17) is 5.73 Å². The number of hydrogen-bond acceptors (Lipinski definition) is 1. The summed E-state index contributed by atoms with van der Waals surface area (Å²) in [6, 6.07) is 1.58. The van der Waals surface area contributed by atoms with Gasteiger partial charge in [0.05, 0.1) is 4.47 Å². The van der Waals surface area contributed by atoms with Gasteiger partial charge in [-0.2, -0.15) is 0 Å². The van der Waals surface area contributed by atoms with E-state index in [9.17, 15) is 4.39 Å². The van der Waals surface area contributed by atoms with E-state index in [1.54, 1.807) is 6.07 Å². The van der Waals surface area contributed by atoms with Crippen molar-refractivity contribution in [3.63, 3.8) is 0 Å². The third-order valence-electron chi connectivity index (χ3n) is 2.74. The van der Waals surface area contributed by atoms with Crippen molar-refractivity contribution in [1.82, 2.24) is 0 Å². The van der Waals surface area contributed by atoms with Crippen LogP contribution in [-0.2, 0) is 6.42 Å². The Bertz CT molecular complexity index is 324. The van der Waals surface area contributed by atoms with E-state index in [1.807, 2.05) is 13.8 Å². The lowest BCUT2D eigenvalue weighted by Gasteiger charge is -2.12. The molecule has 0 aromatic heterocycles. The smallest absolute Gasteiger partial charge is 0.137 e. The summed E-state index contributed by atoms with van der Waals surface area (Å²) in [5.41, 5.74) is 8.72. The van der Waals surface area contributed by atoms with Crippen molar-refractivity contribution < 1.29 is 4.39 Å². The number of benzene rings is 1. The minimum atomic E-state index is -0.166. The van der Waals surface area contributed by atoms with Gasteiger partial charge in [0.25, 0.3) is 0 Å². The predicted molar refractivity (Wildman–Crippen MR) is 65.6 cm³/mol. The van der Waals surface area contributed by atoms with E-state index < -0.39 is 0 Å². The highest BCUT2D eigenvalue weighted by Crippen LogP contribution is 2.27. The maximum atomic E-state index is 13.5. The molecule has 0 aliphatic heterocycles. The summed E-state index contributed by atoms with van der Waals surface area (Å²) in [6.45, 7) is 4.68. The lowest BCUT2D eigenvalue weighted by atomic mass is 9.98. The van der Waals surface area contributed by atoms with Crippen LogP contribution in [0, 0.1) is 19.7 Å². The molecule has 0 aliphatic carbocycles. The zero-order valence-electron chi connectivity index (χ0n) is 9.24. The summed E-state index contributed by atoms with van der Waals surface area (Å²) < 4.78 is 14.1. The van der Waals surface area contributed by atoms with Crippen molar-refractivity contribution in [3.05, 3.63) is 33.0 Å². The normalized spacial score (nSPS) is 10.7. The van der Waals surface area contributed by atoms with Crippen LogP contribution in [0.2, 0.25) is 0 Å². The molecule has 0 heterocycles. The molecule has 2 N–H and O–H groups in total. The van der Waals surface area contributed by atoms with E-state index in [-0.39, 0.29) is 5.82 Å². The number of aryl methyl sites for hydroxylation is 1. The molecule has 1 rings (SSSR count). The van der Waals surface area contributed by atoms with Gasteiger partial charge in [-0.15, -0.1) is 0 Å². The van der Waals surface area contributed by atoms with Gasteiger partial charge in [0.15, 0.2) is 0 Å². The van der Waals surface area contributed by atoms with E-state index in [0.29, 0.717) is 11.0 Å². The van der Waals surface area contributed by atoms with E-state index in [0.717, 1.165) is 30.4 Å². The molecule has 0 fully saturated rings. The number of unbranched alkanes of at least 4 members (excludes halogenated alkanes) is 1. The lowest BCUT2D eigenvalue weighted by molar-refractivity contribution is 0.613. The Morgan fingerprint density at radius 1 is 1.33 bits per heavy atom. The highest BCUT2D eigenvalue weighted by molar-refractivity contribution is 9.10. The maximum Gasteiger partial charge on any atom is 0.137 e. The maximum absolute atomic E-state index is 13.5. The van der Waals surface area contributed by atoms with Gasteiger partial charge in [-0.05, 0) is 78.3 Å². The molecule has 0 unspecified atom stereocenters. The van der Waals surface area contributed by atoms with Gasteiger partial charge in [0.1, 0.15) is 5.82 Å². The molecule has 0 atom stereocenters. The van der Waals surface area contributed by atoms with Crippen LogP contribution in [0.25, 0.3) is 0 Å². The predicted octanol–water partition coefficient (Wildman–Crippen LogP) is 3.49. The fourth-order valence-electron chi connectivity index (χ4n) is 1.65. The molecule has 0 saturated carbocycles. The molecule has 1 nitrogen and oxygen atoms in total. The second-order valence-corrected chi connectivity index (χ2v) is 4.63. The summed E-state index contributed by atoms with van der Waals surface area (Å²) >= 11 is 3.31. The molecule has 1 aromatic carbocycles. The monoisotopic (exact) mass is 273 g/mol. The molecule has 0 spiro atoms. The SMILES string of the molecule is Cc1cc(F)c(Br)c(CCCCN)c1C. The Morgan fingerprint density at radius 2 is 2.00 bits per heavy atom. The van der Waals surface area contributed by atoms with Crippen molar-refractivity contribution in [2.45, 2.75) is 33.1 Å². The Morgan fingerprint density at radius 3 is 2.60 bits per heavy atom. The molecule has 15 heavy (non-hydrogen) atoms. The van der Waals surface area contributed by atoms with Crippen molar-refractivity contribution >= 4 is 15.9 Å². The minimum Gasteiger partial charge on any atom is -0.330 e. The van der Waals surface area contributed by atoms with Crippen LogP contribution in [0.3, 0.4) is 0 Å². The van der Waals surface area contributed by atoms with E-state index in [2.05, 4.69) is 15.9 Å². The van der Waals surface area contributed by atoms with Gasteiger partial charge < -0.3 is 5.73 Å². The summed E-state index contributed by atoms with van der Waals surface area (Å²) in [4.78, 5) is 0. The standard InChI is InChI=1S/C12H17BrFN/c1-8-7-11(14)12(13)10(9(8)2)5-3-4-6-15/h7H,3-6,15H2,1-2H3. The Balaban J connectivity index is 2.94. The summed E-state index contributed by atoms with van der Waals surface area (Å²) in [6.07, 6.45) is 2.89. The number of rotatable bonds is 4. The van der Waals surface area contributed by atoms with Crippen LogP contribution in [0.15, 0.2) is 10.5 Å². The minimum absolute atomic E-state index is 0.166. The largest absolute Gasteiger partial charge is 0.330 e. The first kappa shape index (κ1) is 12.7. The average molecular weight is 274 g/mol. The van der Waals surface area contributed by atoms with Crippen LogP contribution < -0.4 is 5.73 Å². The van der Waals surface area contributed by atoms with Crippen molar-refractivity contribution in [2.75, 3.05) is 6.54 Å². The van der Waals surface area contributed by atoms with Crippen molar-refractivity contribution in [2.24, 2.45) is 5.73 Å². The van der Waals surface area contributed by atoms with Crippen LogP contribution in [0.5, 0.6) is 0 Å². The quantitative estimate of drug-likeness (QED) is 0.836. The second kappa shape index (κ2) is 5.61. The van der Waals surface area contributed by atoms with Crippen LogP contribution in [0.4, 0.5) is 4.39 Å². The molecule has 0 amide bonds. The fourth-order valence-corrected chi connectivity index (χ4v) is 2.26. The molecule has 0 aliphatic rings. The van der Waals surface area contributed by atoms with E-state index >= 15 is 0 Å². The topological polar surface area (TPSA) is 26.0 Å². The second-order valence-electron chi connectivity index (χ2n) is 3.84. The molecule has 0 saturated heterocycles. The first-order valence-electron chi connectivity index (χ1n) is 5.22. The Hall–Kier alpha value is -0.410. The van der Waals surface area contributed by atoms with Crippen LogP contribution in [0.1, 0.15) is 29.5 Å². The first-order chi connectivity index (χ1) is 7.07. The highest BCUT2D eigenvalue weighted by Gasteiger charge is 2.11. The van der Waals surface area contributed by atoms with Gasteiger partial charge in [-0.3, -0.25) is 0 Å². The number of nitrogens with two attached hydrogens (primary N) is 1. The molecular formula is C12H17BrFN. The van der Waals surface area contributed by atoms with E-state index in [1.165, 1.54) is 5.56 Å². The van der Waals surface area contributed by atoms with Gasteiger partial charge in [-0.1, -0.05) is 0 Å². The highest BCUT2D eigenvalue weighted by atomic mass is 79.9. The Kier molecular flexibility index (Phi) is 4.74. The lowest BCUT2D eigenvalue weighted by Crippen LogP contribution is -2.02. The number of hydrogen-bond donors (Lipinski definition) is 1. The third-order valence-corrected chi connectivity index (χ3v) is 3.60. The zero-order chi connectivity index (χ0) is 11.4. The van der Waals surface area contributed by atoms with Gasteiger partial charge in [-0.25, -0.2) is 4.39 Å². The summed E-state index contributed by atoms with van der Waals surface area (Å²) in [5, 5.41) is 0. The molecular weight excluding hydrogens is 257 g/mol.